The first-order chi connectivity index (χ1) is 16.9. The van der Waals surface area contributed by atoms with Crippen LogP contribution in [-0.2, 0) is 0 Å². The van der Waals surface area contributed by atoms with Gasteiger partial charge in [0.05, 0.1) is 0 Å². The Kier molecular flexibility index (Phi) is 5.81. The van der Waals surface area contributed by atoms with Gasteiger partial charge >= 0.3 is 12.4 Å². The Morgan fingerprint density at radius 3 is 1.57 bits per heavy atom. The highest BCUT2D eigenvalue weighted by atomic mass is 19.4. The fourth-order valence-corrected chi connectivity index (χ4v) is 8.30. The molecule has 8 heteroatoms. The second-order valence-corrected chi connectivity index (χ2v) is 13.5. The van der Waals surface area contributed by atoms with E-state index in [1.807, 2.05) is 0 Å². The van der Waals surface area contributed by atoms with Crippen LogP contribution in [0, 0.1) is 34.5 Å². The molecule has 6 unspecified atom stereocenters. The number of fused-ring (bicyclic) bond motifs is 2. The lowest BCUT2D eigenvalue weighted by Crippen LogP contribution is -2.35. The number of halogens is 6. The van der Waals surface area contributed by atoms with Crippen LogP contribution >= 0.6 is 0 Å². The van der Waals surface area contributed by atoms with E-state index in [2.05, 4.69) is 41.5 Å². The van der Waals surface area contributed by atoms with Crippen LogP contribution in [0.2, 0.25) is 0 Å². The molecule has 1 aromatic rings. The molecule has 2 nitrogen and oxygen atoms in total. The minimum atomic E-state index is -5.47. The molecule has 37 heavy (non-hydrogen) atoms. The second-order valence-electron chi connectivity index (χ2n) is 13.5. The zero-order valence-corrected chi connectivity index (χ0v) is 22.4. The summed E-state index contributed by atoms with van der Waals surface area (Å²) in [6.45, 7) is 12.7. The van der Waals surface area contributed by atoms with Gasteiger partial charge in [0.1, 0.15) is 11.2 Å². The van der Waals surface area contributed by atoms with Crippen molar-refractivity contribution in [3.05, 3.63) is 23.8 Å². The molecule has 5 rings (SSSR count). The average molecular weight is 533 g/mol. The molecule has 0 radical (unpaired) electrons. The Balaban J connectivity index is 1.57. The Hall–Kier alpha value is -1.60. The van der Waals surface area contributed by atoms with Gasteiger partial charge in [0.25, 0.3) is 0 Å². The van der Waals surface area contributed by atoms with Gasteiger partial charge in [-0.05, 0) is 55.2 Å². The lowest BCUT2D eigenvalue weighted by atomic mass is 9.88. The van der Waals surface area contributed by atoms with Crippen LogP contribution in [0.5, 0.6) is 11.5 Å². The SMILES string of the molecule is CC1CCC2C(C)(C)C2(Oc2ccc(C(C(F)(F)F)C(F)(F)F)cc2OC23CC(C)CCC2C3(C)C)C1. The normalized spacial score (nSPS) is 38.0. The summed E-state index contributed by atoms with van der Waals surface area (Å²) in [6.07, 6.45) is -5.41. The molecule has 208 valence electrons. The first-order valence-corrected chi connectivity index (χ1v) is 13.5. The molecule has 1 aromatic carbocycles. The lowest BCUT2D eigenvalue weighted by Gasteiger charge is -2.33. The van der Waals surface area contributed by atoms with Crippen molar-refractivity contribution in [3.63, 3.8) is 0 Å². The van der Waals surface area contributed by atoms with Gasteiger partial charge in [-0.25, -0.2) is 0 Å². The molecule has 0 aliphatic heterocycles. The number of hydrogen-bond donors (Lipinski definition) is 0. The second kappa shape index (κ2) is 7.97. The maximum Gasteiger partial charge on any atom is 0.404 e. The largest absolute Gasteiger partial charge is 0.482 e. The van der Waals surface area contributed by atoms with E-state index in [0.29, 0.717) is 24.2 Å². The molecule has 0 aromatic heterocycles. The highest BCUT2D eigenvalue weighted by Gasteiger charge is 2.76. The van der Waals surface area contributed by atoms with Crippen LogP contribution in [0.1, 0.15) is 91.5 Å². The Morgan fingerprint density at radius 1 is 0.703 bits per heavy atom. The molecule has 4 fully saturated rings. The summed E-state index contributed by atoms with van der Waals surface area (Å²) in [5, 5.41) is 0. The van der Waals surface area contributed by atoms with E-state index >= 15 is 0 Å². The number of ether oxygens (including phenoxy) is 2. The monoisotopic (exact) mass is 532 g/mol. The summed E-state index contributed by atoms with van der Waals surface area (Å²) in [6, 6.07) is 3.15. The van der Waals surface area contributed by atoms with Crippen molar-refractivity contribution in [2.24, 2.45) is 34.5 Å². The molecule has 0 heterocycles. The summed E-state index contributed by atoms with van der Waals surface area (Å²) < 4.78 is 95.1. The van der Waals surface area contributed by atoms with Crippen molar-refractivity contribution in [1.82, 2.24) is 0 Å². The van der Waals surface area contributed by atoms with Gasteiger partial charge in [0, 0.05) is 22.7 Å². The third-order valence-electron chi connectivity index (χ3n) is 10.6. The number of alkyl halides is 6. The number of benzene rings is 1. The van der Waals surface area contributed by atoms with E-state index in [4.69, 9.17) is 9.47 Å². The highest BCUT2D eigenvalue weighted by molar-refractivity contribution is 5.48. The molecule has 0 N–H and O–H groups in total. The minimum absolute atomic E-state index is 0.00901. The van der Waals surface area contributed by atoms with Gasteiger partial charge in [0.2, 0.25) is 0 Å². The maximum absolute atomic E-state index is 13.6. The third kappa shape index (κ3) is 3.97. The van der Waals surface area contributed by atoms with Crippen molar-refractivity contribution < 1.29 is 35.8 Å². The molecule has 0 saturated heterocycles. The summed E-state index contributed by atoms with van der Waals surface area (Å²) in [5.74, 6) is -2.05. The Morgan fingerprint density at radius 2 is 1.14 bits per heavy atom. The van der Waals surface area contributed by atoms with Crippen molar-refractivity contribution >= 4 is 0 Å². The van der Waals surface area contributed by atoms with E-state index in [0.717, 1.165) is 44.2 Å². The predicted molar refractivity (Wildman–Crippen MR) is 129 cm³/mol. The molecule has 0 spiro atoms. The van der Waals surface area contributed by atoms with Crippen LogP contribution in [0.15, 0.2) is 18.2 Å². The summed E-state index contributed by atoms with van der Waals surface area (Å²) in [4.78, 5) is 0. The maximum atomic E-state index is 13.6. The Labute approximate surface area is 215 Å². The Bertz CT molecular complexity index is 1050. The molecule has 6 atom stereocenters. The fourth-order valence-electron chi connectivity index (χ4n) is 8.30. The zero-order chi connectivity index (χ0) is 27.4. The van der Waals surface area contributed by atoms with E-state index in [1.165, 1.54) is 6.07 Å². The summed E-state index contributed by atoms with van der Waals surface area (Å²) >= 11 is 0. The highest BCUT2D eigenvalue weighted by Crippen LogP contribution is 2.73. The van der Waals surface area contributed by atoms with Gasteiger partial charge < -0.3 is 9.47 Å². The van der Waals surface area contributed by atoms with E-state index < -0.39 is 35.0 Å². The topological polar surface area (TPSA) is 18.5 Å². The van der Waals surface area contributed by atoms with Gasteiger partial charge in [-0.1, -0.05) is 60.5 Å². The van der Waals surface area contributed by atoms with Crippen LogP contribution in [0.25, 0.3) is 0 Å². The van der Waals surface area contributed by atoms with Crippen molar-refractivity contribution in [2.45, 2.75) is 110 Å². The van der Waals surface area contributed by atoms with Crippen LogP contribution in [-0.4, -0.2) is 23.6 Å². The van der Waals surface area contributed by atoms with E-state index in [-0.39, 0.29) is 28.2 Å². The van der Waals surface area contributed by atoms with Crippen molar-refractivity contribution in [1.29, 1.82) is 0 Å². The zero-order valence-electron chi connectivity index (χ0n) is 22.4. The quantitative estimate of drug-likeness (QED) is 0.352. The number of hydrogen-bond acceptors (Lipinski definition) is 2. The first kappa shape index (κ1) is 27.0. The first-order valence-electron chi connectivity index (χ1n) is 13.5. The molecular weight excluding hydrogens is 494 g/mol. The van der Waals surface area contributed by atoms with E-state index in [9.17, 15) is 26.3 Å². The van der Waals surface area contributed by atoms with Crippen LogP contribution in [0.3, 0.4) is 0 Å². The van der Waals surface area contributed by atoms with Crippen LogP contribution < -0.4 is 9.47 Å². The molecule has 4 aliphatic rings. The van der Waals surface area contributed by atoms with E-state index in [1.54, 1.807) is 0 Å². The molecule has 0 bridgehead atoms. The average Bonchev–Trinajstić information content (AvgIpc) is 3.41. The molecular formula is C29H38F6O2. The number of rotatable bonds is 5. The van der Waals surface area contributed by atoms with Gasteiger partial charge in [-0.2, -0.15) is 26.3 Å². The summed E-state index contributed by atoms with van der Waals surface area (Å²) in [7, 11) is 0. The van der Waals surface area contributed by atoms with Crippen LogP contribution in [0.4, 0.5) is 26.3 Å². The van der Waals surface area contributed by atoms with Gasteiger partial charge in [-0.3, -0.25) is 0 Å². The predicted octanol–water partition coefficient (Wildman–Crippen LogP) is 9.08. The third-order valence-corrected chi connectivity index (χ3v) is 10.6. The summed E-state index contributed by atoms with van der Waals surface area (Å²) in [5.41, 5.74) is -2.33. The smallest absolute Gasteiger partial charge is 0.404 e. The van der Waals surface area contributed by atoms with Gasteiger partial charge in [0.15, 0.2) is 17.4 Å². The fraction of sp³-hybridized carbons (Fsp3) is 0.793. The minimum Gasteiger partial charge on any atom is -0.482 e. The van der Waals surface area contributed by atoms with Crippen molar-refractivity contribution in [2.75, 3.05) is 0 Å². The van der Waals surface area contributed by atoms with Crippen molar-refractivity contribution in [3.8, 4) is 11.5 Å². The standard InChI is InChI=1S/C29H38F6O2/c1-16-7-11-21-24(3,4)26(21,14-16)36-19-10-9-18(23(28(30,31)32)29(33,34)35)13-20(19)37-27-15-17(2)8-12-22(27)25(27,5)6/h9-10,13,16-17,21-23H,7-8,11-12,14-15H2,1-6H3. The lowest BCUT2D eigenvalue weighted by molar-refractivity contribution is -0.253. The molecule has 0 amide bonds. The molecule has 4 aliphatic carbocycles. The molecule has 4 saturated carbocycles. The van der Waals surface area contributed by atoms with Gasteiger partial charge in [-0.15, -0.1) is 0 Å².